The third-order valence-electron chi connectivity index (χ3n) is 4.10. The minimum absolute atomic E-state index is 0.0609. The fourth-order valence-electron chi connectivity index (χ4n) is 2.85. The molecule has 0 bridgehead atoms. The average molecular weight is 292 g/mol. The zero-order valence-electron chi connectivity index (χ0n) is 12.2. The van der Waals surface area contributed by atoms with Crippen molar-refractivity contribution < 1.29 is 9.18 Å². The van der Waals surface area contributed by atoms with E-state index in [2.05, 4.69) is 20.5 Å². The lowest BCUT2D eigenvalue weighted by molar-refractivity contribution is 0.0933. The van der Waals surface area contributed by atoms with Gasteiger partial charge >= 0.3 is 0 Å². The summed E-state index contributed by atoms with van der Waals surface area (Å²) in [4.78, 5) is 18.6. The quantitative estimate of drug-likeness (QED) is 0.866. The van der Waals surface area contributed by atoms with Crippen molar-refractivity contribution >= 4 is 11.7 Å². The molecule has 1 atom stereocenters. The Bertz CT molecular complexity index is 532. The van der Waals surface area contributed by atoms with Crippen LogP contribution >= 0.6 is 0 Å². The molecule has 0 aromatic carbocycles. The summed E-state index contributed by atoms with van der Waals surface area (Å²) in [6.45, 7) is 4.33. The van der Waals surface area contributed by atoms with Crippen LogP contribution in [0.25, 0.3) is 0 Å². The largest absolute Gasteiger partial charge is 0.368 e. The molecule has 1 saturated heterocycles. The maximum atomic E-state index is 14.2. The number of aromatic nitrogens is 1. The van der Waals surface area contributed by atoms with Gasteiger partial charge in [-0.1, -0.05) is 0 Å². The summed E-state index contributed by atoms with van der Waals surface area (Å²) in [6.07, 6.45) is 4.94. The highest BCUT2D eigenvalue weighted by atomic mass is 19.1. The summed E-state index contributed by atoms with van der Waals surface area (Å²) < 4.78 is 14.2. The van der Waals surface area contributed by atoms with E-state index >= 15 is 0 Å². The number of nitrogens with zero attached hydrogens (tertiary/aromatic N) is 2. The molecule has 0 radical (unpaired) electrons. The molecular weight excluding hydrogens is 271 g/mol. The summed E-state index contributed by atoms with van der Waals surface area (Å²) in [5.41, 5.74) is 0.0609. The fraction of sp³-hybridized carbons (Fsp3) is 0.600. The third-order valence-corrected chi connectivity index (χ3v) is 4.10. The number of rotatable bonds is 5. The van der Waals surface area contributed by atoms with Crippen molar-refractivity contribution in [2.45, 2.75) is 38.3 Å². The van der Waals surface area contributed by atoms with Crippen molar-refractivity contribution in [1.82, 2.24) is 15.2 Å². The maximum Gasteiger partial charge on any atom is 0.254 e. The Kier molecular flexibility index (Phi) is 4.05. The number of halogens is 1. The number of carbonyl (C=O) groups is 1. The first kappa shape index (κ1) is 14.3. The van der Waals surface area contributed by atoms with Crippen LogP contribution in [-0.2, 0) is 0 Å². The van der Waals surface area contributed by atoms with Crippen LogP contribution in [0.15, 0.2) is 12.3 Å². The summed E-state index contributed by atoms with van der Waals surface area (Å²) in [5, 5.41) is 5.76. The third kappa shape index (κ3) is 3.15. The molecule has 6 heteroatoms. The molecule has 2 fully saturated rings. The lowest BCUT2D eigenvalue weighted by atomic mass is 10.2. The molecule has 2 N–H and O–H groups in total. The second kappa shape index (κ2) is 5.97. The highest BCUT2D eigenvalue weighted by molar-refractivity contribution is 5.95. The van der Waals surface area contributed by atoms with Gasteiger partial charge in [0.2, 0.25) is 0 Å². The molecule has 114 valence electrons. The molecule has 1 aliphatic carbocycles. The molecule has 1 unspecified atom stereocenters. The number of hydrogen-bond donors (Lipinski definition) is 2. The number of nitrogens with one attached hydrogen (secondary N) is 2. The van der Waals surface area contributed by atoms with Crippen molar-refractivity contribution in [3.63, 3.8) is 0 Å². The van der Waals surface area contributed by atoms with Gasteiger partial charge in [0.25, 0.3) is 5.91 Å². The van der Waals surface area contributed by atoms with Gasteiger partial charge in [-0.25, -0.2) is 9.37 Å². The van der Waals surface area contributed by atoms with Crippen LogP contribution in [0.1, 0.15) is 36.5 Å². The first-order chi connectivity index (χ1) is 10.2. The van der Waals surface area contributed by atoms with Crippen LogP contribution in [0.2, 0.25) is 0 Å². The van der Waals surface area contributed by atoms with Gasteiger partial charge in [0.15, 0.2) is 11.6 Å². The van der Waals surface area contributed by atoms with Gasteiger partial charge in [0, 0.05) is 37.9 Å². The number of likely N-dealkylation sites (tertiary alicyclic amines) is 1. The van der Waals surface area contributed by atoms with Crippen LogP contribution in [0.5, 0.6) is 0 Å². The Balaban J connectivity index is 1.64. The van der Waals surface area contributed by atoms with Crippen LogP contribution in [0.3, 0.4) is 0 Å². The van der Waals surface area contributed by atoms with Crippen molar-refractivity contribution in [2.75, 3.05) is 25.0 Å². The van der Waals surface area contributed by atoms with Crippen LogP contribution in [-0.4, -0.2) is 47.5 Å². The first-order valence-corrected chi connectivity index (χ1v) is 7.62. The number of hydrogen-bond acceptors (Lipinski definition) is 4. The Morgan fingerprint density at radius 1 is 1.48 bits per heavy atom. The van der Waals surface area contributed by atoms with Gasteiger partial charge in [-0.05, 0) is 32.3 Å². The van der Waals surface area contributed by atoms with Crippen molar-refractivity contribution in [3.05, 3.63) is 23.6 Å². The van der Waals surface area contributed by atoms with Crippen LogP contribution in [0.4, 0.5) is 10.2 Å². The van der Waals surface area contributed by atoms with E-state index in [9.17, 15) is 9.18 Å². The molecular formula is C15H21FN4O. The number of carbonyl (C=O) groups excluding carboxylic acids is 1. The second-order valence-electron chi connectivity index (χ2n) is 5.74. The van der Waals surface area contributed by atoms with E-state index < -0.39 is 5.82 Å². The van der Waals surface area contributed by atoms with Gasteiger partial charge in [-0.2, -0.15) is 0 Å². The van der Waals surface area contributed by atoms with Crippen molar-refractivity contribution in [1.29, 1.82) is 0 Å². The molecule has 5 nitrogen and oxygen atoms in total. The molecule has 1 amide bonds. The van der Waals surface area contributed by atoms with Crippen LogP contribution in [0, 0.1) is 5.82 Å². The molecule has 1 aromatic heterocycles. The predicted molar refractivity (Wildman–Crippen MR) is 78.8 cm³/mol. The normalized spacial score (nSPS) is 22.3. The SMILES string of the molecule is CCNc1nccc(C(=O)NC2CCN(C3CC3)C2)c1F. The maximum absolute atomic E-state index is 14.2. The first-order valence-electron chi connectivity index (χ1n) is 7.62. The topological polar surface area (TPSA) is 57.3 Å². The smallest absolute Gasteiger partial charge is 0.254 e. The zero-order chi connectivity index (χ0) is 14.8. The summed E-state index contributed by atoms with van der Waals surface area (Å²) >= 11 is 0. The lowest BCUT2D eigenvalue weighted by Gasteiger charge is -2.16. The van der Waals surface area contributed by atoms with Gasteiger partial charge in [0.05, 0.1) is 5.56 Å². The number of anilines is 1. The van der Waals surface area contributed by atoms with Crippen LogP contribution < -0.4 is 10.6 Å². The monoisotopic (exact) mass is 292 g/mol. The van der Waals surface area contributed by atoms with E-state index in [0.29, 0.717) is 12.6 Å². The molecule has 1 aromatic rings. The Hall–Kier alpha value is -1.69. The summed E-state index contributed by atoms with van der Waals surface area (Å²) in [6, 6.07) is 2.26. The minimum Gasteiger partial charge on any atom is -0.368 e. The van der Waals surface area contributed by atoms with E-state index in [1.807, 2.05) is 6.92 Å². The predicted octanol–water partition coefficient (Wildman–Crippen LogP) is 1.62. The number of pyridine rings is 1. The Labute approximate surface area is 123 Å². The molecule has 0 spiro atoms. The molecule has 21 heavy (non-hydrogen) atoms. The van der Waals surface area contributed by atoms with Crippen molar-refractivity contribution in [2.24, 2.45) is 0 Å². The number of amides is 1. The molecule has 1 saturated carbocycles. The Morgan fingerprint density at radius 3 is 3.00 bits per heavy atom. The Morgan fingerprint density at radius 2 is 2.29 bits per heavy atom. The van der Waals surface area contributed by atoms with Gasteiger partial charge in [0.1, 0.15) is 0 Å². The summed E-state index contributed by atoms with van der Waals surface area (Å²) in [5.74, 6) is -0.790. The van der Waals surface area contributed by atoms with E-state index in [0.717, 1.165) is 19.5 Å². The molecule has 1 aliphatic heterocycles. The van der Waals surface area contributed by atoms with E-state index in [1.54, 1.807) is 0 Å². The van der Waals surface area contributed by atoms with Gasteiger partial charge in [-0.15, -0.1) is 0 Å². The zero-order valence-corrected chi connectivity index (χ0v) is 12.2. The lowest BCUT2D eigenvalue weighted by Crippen LogP contribution is -2.38. The van der Waals surface area contributed by atoms with E-state index in [-0.39, 0.29) is 23.3 Å². The van der Waals surface area contributed by atoms with Gasteiger partial charge < -0.3 is 10.6 Å². The highest BCUT2D eigenvalue weighted by Crippen LogP contribution is 2.29. The molecule has 2 aliphatic rings. The molecule has 3 rings (SSSR count). The van der Waals surface area contributed by atoms with Crippen molar-refractivity contribution in [3.8, 4) is 0 Å². The molecule has 2 heterocycles. The summed E-state index contributed by atoms with van der Waals surface area (Å²) in [7, 11) is 0. The van der Waals surface area contributed by atoms with E-state index in [1.165, 1.54) is 25.1 Å². The average Bonchev–Trinajstić information content (AvgIpc) is 3.22. The standard InChI is InChI=1S/C15H21FN4O/c1-2-17-14-13(16)12(5-7-18-14)15(21)19-10-6-8-20(9-10)11-3-4-11/h5,7,10-11H,2-4,6,8-9H2,1H3,(H,17,18)(H,19,21). The fourth-order valence-corrected chi connectivity index (χ4v) is 2.85. The van der Waals surface area contributed by atoms with Gasteiger partial charge in [-0.3, -0.25) is 9.69 Å². The van der Waals surface area contributed by atoms with E-state index in [4.69, 9.17) is 0 Å². The minimum atomic E-state index is -0.575. The second-order valence-corrected chi connectivity index (χ2v) is 5.74. The highest BCUT2D eigenvalue weighted by Gasteiger charge is 2.35.